The van der Waals surface area contributed by atoms with Gasteiger partial charge in [0, 0.05) is 30.8 Å². The van der Waals surface area contributed by atoms with Gasteiger partial charge in [0.1, 0.15) is 0 Å². The number of carbonyl (C=O) groups is 2. The van der Waals surface area contributed by atoms with E-state index in [9.17, 15) is 18.0 Å². The maximum atomic E-state index is 12.7. The van der Waals surface area contributed by atoms with Crippen molar-refractivity contribution in [2.75, 3.05) is 12.8 Å². The normalized spacial score (nSPS) is 18.4. The first-order valence-corrected chi connectivity index (χ1v) is 10.1. The van der Waals surface area contributed by atoms with Crippen LogP contribution in [-0.2, 0) is 20.4 Å². The Balaban J connectivity index is 2.09. The van der Waals surface area contributed by atoms with E-state index in [4.69, 9.17) is 5.11 Å². The van der Waals surface area contributed by atoms with Crippen LogP contribution in [0.25, 0.3) is 0 Å². The topological polar surface area (TPSA) is 91.8 Å². The highest BCUT2D eigenvalue weighted by molar-refractivity contribution is 7.89. The van der Waals surface area contributed by atoms with Gasteiger partial charge in [0.25, 0.3) is 5.91 Å². The summed E-state index contributed by atoms with van der Waals surface area (Å²) in [7, 11) is -3.11. The van der Waals surface area contributed by atoms with Crippen molar-refractivity contribution in [2.24, 2.45) is 0 Å². The number of benzene rings is 1. The van der Waals surface area contributed by atoms with Gasteiger partial charge in [-0.25, -0.2) is 8.42 Å². The molecule has 0 saturated carbocycles. The molecule has 1 aromatic carbocycles. The molecule has 7 heteroatoms. The number of aliphatic carboxylic acids is 1. The third-order valence-electron chi connectivity index (χ3n) is 4.21. The zero-order chi connectivity index (χ0) is 17.7. The summed E-state index contributed by atoms with van der Waals surface area (Å²) in [4.78, 5) is 25.3. The first-order valence-electron chi connectivity index (χ1n) is 8.06. The molecule has 1 saturated heterocycles. The summed E-state index contributed by atoms with van der Waals surface area (Å²) in [5.41, 5.74) is 1.16. The molecule has 1 heterocycles. The lowest BCUT2D eigenvalue weighted by molar-refractivity contribution is -0.137. The third kappa shape index (κ3) is 5.33. The van der Waals surface area contributed by atoms with Crippen LogP contribution in [0, 0.1) is 0 Å². The molecule has 0 bridgehead atoms. The van der Waals surface area contributed by atoms with Crippen molar-refractivity contribution in [3.05, 3.63) is 35.4 Å². The lowest BCUT2D eigenvalue weighted by atomic mass is 9.97. The molecule has 1 aromatic rings. The molecular weight excluding hydrogens is 330 g/mol. The standard InChI is InChI=1S/C17H23NO5S/c1-24(22,23)12-13-5-7-14(8-6-13)17(21)18-11-3-2-4-15(18)9-10-16(19)20/h5-8,15H,2-4,9-12H2,1H3,(H,19,20)/t15-/m0/s1. The zero-order valence-corrected chi connectivity index (χ0v) is 14.6. The van der Waals surface area contributed by atoms with Crippen LogP contribution in [0.3, 0.4) is 0 Å². The third-order valence-corrected chi connectivity index (χ3v) is 5.07. The number of carbonyl (C=O) groups excluding carboxylic acids is 1. The fraction of sp³-hybridized carbons (Fsp3) is 0.529. The maximum Gasteiger partial charge on any atom is 0.303 e. The Labute approximate surface area is 142 Å². The number of nitrogens with zero attached hydrogens (tertiary/aromatic N) is 1. The highest BCUT2D eigenvalue weighted by Crippen LogP contribution is 2.23. The number of rotatable bonds is 6. The lowest BCUT2D eigenvalue weighted by Crippen LogP contribution is -2.44. The van der Waals surface area contributed by atoms with Gasteiger partial charge in [-0.05, 0) is 43.4 Å². The number of hydrogen-bond donors (Lipinski definition) is 1. The molecule has 1 aliphatic heterocycles. The van der Waals surface area contributed by atoms with Crippen LogP contribution in [0.4, 0.5) is 0 Å². The predicted octanol–water partition coefficient (Wildman–Crippen LogP) is 2.09. The van der Waals surface area contributed by atoms with Gasteiger partial charge >= 0.3 is 5.97 Å². The van der Waals surface area contributed by atoms with Crippen molar-refractivity contribution in [1.82, 2.24) is 4.90 Å². The van der Waals surface area contributed by atoms with Crippen LogP contribution in [-0.4, -0.2) is 49.1 Å². The molecule has 0 unspecified atom stereocenters. The number of likely N-dealkylation sites (tertiary alicyclic amines) is 1. The highest BCUT2D eigenvalue weighted by atomic mass is 32.2. The fourth-order valence-electron chi connectivity index (χ4n) is 3.07. The van der Waals surface area contributed by atoms with Crippen molar-refractivity contribution in [1.29, 1.82) is 0 Å². The second kappa shape index (κ2) is 7.79. The molecule has 1 aliphatic rings. The second-order valence-electron chi connectivity index (χ2n) is 6.35. The SMILES string of the molecule is CS(=O)(=O)Cc1ccc(C(=O)N2CCCC[C@H]2CCC(=O)O)cc1. The molecule has 132 valence electrons. The fourth-order valence-corrected chi connectivity index (χ4v) is 3.87. The van der Waals surface area contributed by atoms with Crippen LogP contribution >= 0.6 is 0 Å². The molecule has 0 radical (unpaired) electrons. The summed E-state index contributed by atoms with van der Waals surface area (Å²) >= 11 is 0. The van der Waals surface area contributed by atoms with E-state index in [0.29, 0.717) is 24.1 Å². The minimum atomic E-state index is -3.11. The predicted molar refractivity (Wildman–Crippen MR) is 90.5 cm³/mol. The molecule has 2 rings (SSSR count). The Hall–Kier alpha value is -1.89. The number of carboxylic acid groups (broad SMARTS) is 1. The molecular formula is C17H23NO5S. The molecule has 0 aliphatic carbocycles. The zero-order valence-electron chi connectivity index (χ0n) is 13.8. The Morgan fingerprint density at radius 2 is 1.88 bits per heavy atom. The molecule has 0 aromatic heterocycles. The van der Waals surface area contributed by atoms with Crippen LogP contribution in [0.1, 0.15) is 48.0 Å². The van der Waals surface area contributed by atoms with Crippen molar-refractivity contribution < 1.29 is 23.1 Å². The largest absolute Gasteiger partial charge is 0.481 e. The minimum absolute atomic E-state index is 0.0435. The summed E-state index contributed by atoms with van der Waals surface area (Å²) in [5.74, 6) is -1.01. The second-order valence-corrected chi connectivity index (χ2v) is 8.49. The molecule has 1 fully saturated rings. The molecule has 24 heavy (non-hydrogen) atoms. The van der Waals surface area contributed by atoms with Gasteiger partial charge < -0.3 is 10.0 Å². The van der Waals surface area contributed by atoms with Gasteiger partial charge in [0.15, 0.2) is 9.84 Å². The quantitative estimate of drug-likeness (QED) is 0.845. The van der Waals surface area contributed by atoms with Gasteiger partial charge in [0.05, 0.1) is 5.75 Å². The van der Waals surface area contributed by atoms with E-state index in [0.717, 1.165) is 19.3 Å². The maximum absolute atomic E-state index is 12.7. The van der Waals surface area contributed by atoms with Gasteiger partial charge in [-0.15, -0.1) is 0 Å². The summed E-state index contributed by atoms with van der Waals surface area (Å²) in [5, 5.41) is 8.86. The highest BCUT2D eigenvalue weighted by Gasteiger charge is 2.27. The summed E-state index contributed by atoms with van der Waals surface area (Å²) in [6, 6.07) is 6.56. The van der Waals surface area contributed by atoms with E-state index in [2.05, 4.69) is 0 Å². The van der Waals surface area contributed by atoms with E-state index in [-0.39, 0.29) is 24.1 Å². The van der Waals surface area contributed by atoms with Crippen LogP contribution in [0.2, 0.25) is 0 Å². The Bertz CT molecular complexity index is 696. The number of piperidine rings is 1. The van der Waals surface area contributed by atoms with E-state index in [1.54, 1.807) is 29.2 Å². The summed E-state index contributed by atoms with van der Waals surface area (Å²) in [6.07, 6.45) is 4.44. The van der Waals surface area contributed by atoms with Crippen molar-refractivity contribution in [3.8, 4) is 0 Å². The number of sulfone groups is 1. The number of amides is 1. The van der Waals surface area contributed by atoms with Gasteiger partial charge in [-0.1, -0.05) is 12.1 Å². The smallest absolute Gasteiger partial charge is 0.303 e. The van der Waals surface area contributed by atoms with Crippen molar-refractivity contribution in [2.45, 2.75) is 43.9 Å². The summed E-state index contributed by atoms with van der Waals surface area (Å²) in [6.45, 7) is 0.633. The molecule has 1 amide bonds. The van der Waals surface area contributed by atoms with E-state index < -0.39 is 15.8 Å². The van der Waals surface area contributed by atoms with Gasteiger partial charge in [-0.3, -0.25) is 9.59 Å². The van der Waals surface area contributed by atoms with Crippen molar-refractivity contribution in [3.63, 3.8) is 0 Å². The minimum Gasteiger partial charge on any atom is -0.481 e. The van der Waals surface area contributed by atoms with Crippen LogP contribution in [0.15, 0.2) is 24.3 Å². The lowest BCUT2D eigenvalue weighted by Gasteiger charge is -2.35. The van der Waals surface area contributed by atoms with Crippen LogP contribution < -0.4 is 0 Å². The van der Waals surface area contributed by atoms with Crippen molar-refractivity contribution >= 4 is 21.7 Å². The number of hydrogen-bond acceptors (Lipinski definition) is 4. The Morgan fingerprint density at radius 3 is 2.46 bits per heavy atom. The first kappa shape index (κ1) is 18.4. The number of carboxylic acids is 1. The molecule has 1 N–H and O–H groups in total. The van der Waals surface area contributed by atoms with Gasteiger partial charge in [0.2, 0.25) is 0 Å². The monoisotopic (exact) mass is 353 g/mol. The Kier molecular flexibility index (Phi) is 5.99. The average Bonchev–Trinajstić information content (AvgIpc) is 2.52. The van der Waals surface area contributed by atoms with E-state index in [1.807, 2.05) is 0 Å². The average molecular weight is 353 g/mol. The van der Waals surface area contributed by atoms with Crippen LogP contribution in [0.5, 0.6) is 0 Å². The molecule has 0 spiro atoms. The van der Waals surface area contributed by atoms with E-state index in [1.165, 1.54) is 6.26 Å². The molecule has 1 atom stereocenters. The summed E-state index contributed by atoms with van der Waals surface area (Å²) < 4.78 is 22.6. The van der Waals surface area contributed by atoms with Gasteiger partial charge in [-0.2, -0.15) is 0 Å². The van der Waals surface area contributed by atoms with E-state index >= 15 is 0 Å². The first-order chi connectivity index (χ1) is 11.3. The molecule has 6 nitrogen and oxygen atoms in total. The Morgan fingerprint density at radius 1 is 1.21 bits per heavy atom.